The molecule has 3 heteroatoms. The van der Waals surface area contributed by atoms with E-state index in [0.29, 0.717) is 0 Å². The maximum absolute atomic E-state index is 5.37. The van der Waals surface area contributed by atoms with Crippen LogP contribution in [0.4, 0.5) is 0 Å². The second-order valence-corrected chi connectivity index (χ2v) is 15.4. The van der Waals surface area contributed by atoms with Crippen molar-refractivity contribution in [3.05, 3.63) is 113 Å². The molecule has 5 aromatic rings. The molecule has 210 valence electrons. The van der Waals surface area contributed by atoms with Crippen LogP contribution in [0, 0.1) is 12.3 Å². The normalized spacial score (nSPS) is 16.9. The molecule has 0 unspecified atom stereocenters. The molecule has 1 heterocycles. The molecule has 2 nitrogen and oxygen atoms in total. The fourth-order valence-electron chi connectivity index (χ4n) is 7.13. The van der Waals surface area contributed by atoms with Gasteiger partial charge in [0.25, 0.3) is 0 Å². The Morgan fingerprint density at radius 1 is 0.786 bits per heavy atom. The minimum atomic E-state index is 0.0334. The van der Waals surface area contributed by atoms with E-state index in [1.54, 1.807) is 12.7 Å². The van der Waals surface area contributed by atoms with Gasteiger partial charge in [-0.25, -0.2) is 0 Å². The number of hydrogen-bond donors (Lipinski definition) is 0. The summed E-state index contributed by atoms with van der Waals surface area (Å²) < 4.78 is 7.85. The molecule has 2 aliphatic rings. The first-order chi connectivity index (χ1) is 20.1. The Balaban J connectivity index is 1.40. The van der Waals surface area contributed by atoms with E-state index in [1.165, 1.54) is 59.4 Å². The molecule has 0 amide bonds. The molecule has 0 aliphatic heterocycles. The van der Waals surface area contributed by atoms with Crippen molar-refractivity contribution < 1.29 is 4.74 Å². The molecule has 0 bridgehead atoms. The zero-order valence-electron chi connectivity index (χ0n) is 25.3. The predicted octanol–water partition coefficient (Wildman–Crippen LogP) is 8.45. The summed E-state index contributed by atoms with van der Waals surface area (Å²) in [4.78, 5) is 4.76. The molecule has 2 aliphatic carbocycles. The molecule has 1 aromatic heterocycles. The molecule has 0 atom stereocenters. The maximum atomic E-state index is 5.37. The fourth-order valence-corrected chi connectivity index (χ4v) is 9.30. The van der Waals surface area contributed by atoms with Gasteiger partial charge >= 0.3 is 243 Å². The van der Waals surface area contributed by atoms with Gasteiger partial charge in [-0.05, 0) is 0 Å². The first kappa shape index (κ1) is 27.2. The van der Waals surface area contributed by atoms with E-state index >= 15 is 0 Å². The van der Waals surface area contributed by atoms with Crippen LogP contribution in [0.25, 0.3) is 38.2 Å². The second-order valence-electron chi connectivity index (χ2n) is 13.3. The molecule has 7 rings (SSSR count). The number of fused-ring (bicyclic) bond motifs is 5. The van der Waals surface area contributed by atoms with Crippen molar-refractivity contribution in [1.29, 1.82) is 0 Å². The number of hydrogen-bond acceptors (Lipinski definition) is 2. The van der Waals surface area contributed by atoms with Crippen molar-refractivity contribution in [2.24, 2.45) is 5.41 Å². The number of methoxy groups -OCH3 is 1. The van der Waals surface area contributed by atoms with E-state index in [9.17, 15) is 0 Å². The van der Waals surface area contributed by atoms with Gasteiger partial charge in [-0.15, -0.1) is 0 Å². The topological polar surface area (TPSA) is 22.1 Å². The number of rotatable bonds is 4. The number of aryl methyl sites for hydroxylation is 1. The van der Waals surface area contributed by atoms with Crippen LogP contribution in [-0.4, -0.2) is 27.1 Å². The summed E-state index contributed by atoms with van der Waals surface area (Å²) in [5.74, 6) is 0.791. The summed E-state index contributed by atoms with van der Waals surface area (Å²) in [6, 6.07) is 27.1. The van der Waals surface area contributed by atoms with Crippen LogP contribution in [-0.2, 0) is 5.41 Å². The third kappa shape index (κ3) is 4.60. The first-order valence-corrected chi connectivity index (χ1v) is 16.5. The molecule has 0 saturated heterocycles. The van der Waals surface area contributed by atoms with Gasteiger partial charge in [0.1, 0.15) is 0 Å². The van der Waals surface area contributed by atoms with Crippen molar-refractivity contribution in [3.8, 4) is 16.9 Å². The third-order valence-corrected chi connectivity index (χ3v) is 11.4. The second kappa shape index (κ2) is 9.97. The van der Waals surface area contributed by atoms with E-state index in [1.807, 2.05) is 12.3 Å². The molecule has 0 saturated carbocycles. The summed E-state index contributed by atoms with van der Waals surface area (Å²) in [6.07, 6.45) is 8.91. The summed E-state index contributed by atoms with van der Waals surface area (Å²) >= 11 is 0.0334. The number of nitrogens with zero attached hydrogens (tertiary/aromatic N) is 1. The van der Waals surface area contributed by atoms with E-state index < -0.39 is 0 Å². The van der Waals surface area contributed by atoms with Crippen molar-refractivity contribution in [2.75, 3.05) is 7.11 Å². The Morgan fingerprint density at radius 2 is 1.57 bits per heavy atom. The van der Waals surface area contributed by atoms with Gasteiger partial charge in [-0.1, -0.05) is 13.8 Å². The number of allylic oxidation sites excluding steroid dienone is 4. The third-order valence-electron chi connectivity index (χ3n) is 9.06. The Hall–Kier alpha value is -3.65. The average molecular weight is 615 g/mol. The SMILES string of the molecule is COc1ccc([Se]c2c(-c3cc4ccc5c(c4cc3C)C(C)(C)CC3=C5C=CC(C)(C)C3)ccc3ccccc23)nc1. The van der Waals surface area contributed by atoms with Crippen molar-refractivity contribution >= 4 is 51.1 Å². The Labute approximate surface area is 255 Å². The Kier molecular flexibility index (Phi) is 6.46. The molecule has 4 aromatic carbocycles. The van der Waals surface area contributed by atoms with E-state index in [2.05, 4.69) is 114 Å². The monoisotopic (exact) mass is 615 g/mol. The summed E-state index contributed by atoms with van der Waals surface area (Å²) in [7, 11) is 1.69. The molecule has 0 radical (unpaired) electrons. The van der Waals surface area contributed by atoms with E-state index in [4.69, 9.17) is 9.72 Å². The van der Waals surface area contributed by atoms with Crippen LogP contribution in [0.5, 0.6) is 5.75 Å². The number of benzene rings is 4. The Morgan fingerprint density at radius 3 is 2.36 bits per heavy atom. The first-order valence-electron chi connectivity index (χ1n) is 14.8. The van der Waals surface area contributed by atoms with Gasteiger partial charge in [0, 0.05) is 0 Å². The number of ether oxygens (including phenoxy) is 1. The molecule has 0 fully saturated rings. The molecule has 0 N–H and O–H groups in total. The predicted molar refractivity (Wildman–Crippen MR) is 180 cm³/mol. The zero-order valence-corrected chi connectivity index (χ0v) is 27.1. The fraction of sp³-hybridized carbons (Fsp3) is 0.256. The van der Waals surface area contributed by atoms with Crippen LogP contribution < -0.4 is 13.8 Å². The van der Waals surface area contributed by atoms with Gasteiger partial charge in [0.15, 0.2) is 0 Å². The standard InChI is InChI=1S/C39H37NOSe/c1-24-19-34-26(12-14-31-29-17-18-38(2,3)21-27(29)22-39(4,5)36(31)34)20-33(24)32-15-11-25-9-7-8-10-30(25)37(32)42-35-16-13-28(41-6)23-40-35/h7-20,23H,21-22H2,1-6H3. The van der Waals surface area contributed by atoms with Gasteiger partial charge < -0.3 is 0 Å². The Bertz CT molecular complexity index is 1940. The van der Waals surface area contributed by atoms with Crippen LogP contribution in [0.1, 0.15) is 57.2 Å². The zero-order chi connectivity index (χ0) is 29.2. The van der Waals surface area contributed by atoms with E-state index in [0.717, 1.165) is 23.2 Å². The summed E-state index contributed by atoms with van der Waals surface area (Å²) in [5.41, 5.74) is 10.3. The van der Waals surface area contributed by atoms with Gasteiger partial charge in [0.2, 0.25) is 0 Å². The van der Waals surface area contributed by atoms with Gasteiger partial charge in [0.05, 0.1) is 0 Å². The quantitative estimate of drug-likeness (QED) is 0.190. The van der Waals surface area contributed by atoms with Crippen LogP contribution >= 0.6 is 0 Å². The molecular weight excluding hydrogens is 577 g/mol. The number of aromatic nitrogens is 1. The van der Waals surface area contributed by atoms with Crippen molar-refractivity contribution in [2.45, 2.75) is 52.9 Å². The number of pyridine rings is 1. The molecule has 42 heavy (non-hydrogen) atoms. The minimum absolute atomic E-state index is 0.0334. The summed E-state index contributed by atoms with van der Waals surface area (Å²) in [5, 5.41) is 5.30. The van der Waals surface area contributed by atoms with Crippen molar-refractivity contribution in [3.63, 3.8) is 0 Å². The summed E-state index contributed by atoms with van der Waals surface area (Å²) in [6.45, 7) is 11.9. The van der Waals surface area contributed by atoms with Crippen LogP contribution in [0.2, 0.25) is 0 Å². The van der Waals surface area contributed by atoms with Crippen LogP contribution in [0.15, 0.2) is 96.7 Å². The van der Waals surface area contributed by atoms with Gasteiger partial charge in [-0.3, -0.25) is 0 Å². The van der Waals surface area contributed by atoms with E-state index in [-0.39, 0.29) is 25.8 Å². The molecule has 0 spiro atoms. The molecular formula is C39H37NOSe. The van der Waals surface area contributed by atoms with Crippen molar-refractivity contribution in [1.82, 2.24) is 4.98 Å². The van der Waals surface area contributed by atoms with Crippen LogP contribution in [0.3, 0.4) is 0 Å². The average Bonchev–Trinajstić information content (AvgIpc) is 2.96. The van der Waals surface area contributed by atoms with Gasteiger partial charge in [-0.2, -0.15) is 0 Å².